The monoisotopic (exact) mass is 464 g/mol. The number of nitrogens with zero attached hydrogens (tertiary/aromatic N) is 1. The first-order valence-corrected chi connectivity index (χ1v) is 12.9. The summed E-state index contributed by atoms with van der Waals surface area (Å²) in [4.78, 5) is 4.61. The smallest absolute Gasteiger partial charge is 1.00 e. The molecule has 0 bridgehead atoms. The summed E-state index contributed by atoms with van der Waals surface area (Å²) < 4.78 is 1.31. The van der Waals surface area contributed by atoms with E-state index in [1.807, 2.05) is 12.3 Å². The fourth-order valence-electron chi connectivity index (χ4n) is 2.97. The van der Waals surface area contributed by atoms with Crippen molar-refractivity contribution in [2.45, 2.75) is 26.4 Å². The topological polar surface area (TPSA) is 12.9 Å². The number of para-hydroxylation sites is 1. The Hall–Kier alpha value is -0.0806. The molecule has 0 aliphatic heterocycles. The predicted molar refractivity (Wildman–Crippen MR) is 92.4 cm³/mol. The molecule has 0 spiro atoms. The number of fused-ring (bicyclic) bond motifs is 1. The van der Waals surface area contributed by atoms with Crippen LogP contribution in [-0.4, -0.2) is 11.7 Å². The van der Waals surface area contributed by atoms with Crippen LogP contribution in [0.15, 0.2) is 51.7 Å². The Balaban J connectivity index is 0.00000132. The van der Waals surface area contributed by atoms with Gasteiger partial charge in [0.15, 0.2) is 0 Å². The maximum Gasteiger partial charge on any atom is -1.00 e. The van der Waals surface area contributed by atoms with Crippen LogP contribution in [0.1, 0.15) is 18.9 Å². The van der Waals surface area contributed by atoms with Crippen LogP contribution < -0.4 is 24.8 Å². The molecule has 1 heterocycles. The molecule has 1 aliphatic rings. The Labute approximate surface area is 167 Å². The van der Waals surface area contributed by atoms with Gasteiger partial charge in [-0.1, -0.05) is 0 Å². The Bertz CT molecular complexity index is 791. The first-order chi connectivity index (χ1) is 9.89. The van der Waals surface area contributed by atoms with Crippen molar-refractivity contribution in [3.63, 3.8) is 0 Å². The molecule has 1 nitrogen and oxygen atoms in total. The maximum atomic E-state index is 4.61. The number of aromatic nitrogens is 1. The third-order valence-corrected chi connectivity index (χ3v) is 8.38. The molecule has 0 amide bonds. The predicted octanol–water partition coefficient (Wildman–Crippen LogP) is -0.640. The molecule has 0 saturated heterocycles. The molecule has 23 heavy (non-hydrogen) atoms. The van der Waals surface area contributed by atoms with Crippen LogP contribution in [0.5, 0.6) is 0 Å². The molecule has 0 N–H and O–H groups in total. The largest absolute Gasteiger partial charge is 1.00 e. The number of allylic oxidation sites excluding steroid dienone is 4. The molecule has 0 unspecified atom stereocenters. The van der Waals surface area contributed by atoms with Gasteiger partial charge in [-0.25, -0.2) is 0 Å². The quantitative estimate of drug-likeness (QED) is 0.424. The SMILES string of the molecule is CC1=C([Si](C)(C)Br)CC(c2cccc3cccnc23)=[C]1[Cr+2].[Cl-].[Cl-]. The zero-order valence-corrected chi connectivity index (χ0v) is 18.5. The van der Waals surface area contributed by atoms with Gasteiger partial charge in [-0.05, 0) is 0 Å². The van der Waals surface area contributed by atoms with Gasteiger partial charge >= 0.3 is 143 Å². The van der Waals surface area contributed by atoms with Crippen molar-refractivity contribution in [1.29, 1.82) is 0 Å². The second-order valence-corrected chi connectivity index (χ2v) is 16.1. The molecule has 0 saturated carbocycles. The number of rotatable bonds is 2. The molecule has 1 aliphatic carbocycles. The van der Waals surface area contributed by atoms with Gasteiger partial charge < -0.3 is 24.8 Å². The van der Waals surface area contributed by atoms with E-state index < -0.39 is 6.69 Å². The van der Waals surface area contributed by atoms with E-state index in [9.17, 15) is 0 Å². The van der Waals surface area contributed by atoms with E-state index in [-0.39, 0.29) is 24.8 Å². The van der Waals surface area contributed by atoms with Crippen molar-refractivity contribution in [1.82, 2.24) is 4.98 Å². The van der Waals surface area contributed by atoms with Gasteiger partial charge in [-0.3, -0.25) is 0 Å². The van der Waals surface area contributed by atoms with E-state index in [2.05, 4.69) is 80.8 Å². The van der Waals surface area contributed by atoms with Gasteiger partial charge in [0.1, 0.15) is 0 Å². The van der Waals surface area contributed by atoms with Gasteiger partial charge in [0.25, 0.3) is 0 Å². The summed E-state index contributed by atoms with van der Waals surface area (Å²) >= 11 is 7.25. The minimum atomic E-state index is -1.46. The average Bonchev–Trinajstić information content (AvgIpc) is 2.75. The van der Waals surface area contributed by atoms with E-state index >= 15 is 0 Å². The molecule has 1 aromatic carbocycles. The minimum absolute atomic E-state index is 0. The summed E-state index contributed by atoms with van der Waals surface area (Å²) in [5.41, 5.74) is 5.19. The second-order valence-electron chi connectivity index (χ2n) is 5.94. The molecule has 0 atom stereocenters. The molecule has 0 fully saturated rings. The van der Waals surface area contributed by atoms with E-state index in [1.54, 1.807) is 5.20 Å². The van der Waals surface area contributed by atoms with E-state index in [0.717, 1.165) is 11.9 Å². The zero-order chi connectivity index (χ0) is 15.2. The van der Waals surface area contributed by atoms with Crippen molar-refractivity contribution in [3.05, 3.63) is 57.3 Å². The summed E-state index contributed by atoms with van der Waals surface area (Å²) in [7, 11) is 0. The van der Waals surface area contributed by atoms with Crippen molar-refractivity contribution >= 4 is 38.5 Å². The molecule has 3 rings (SSSR count). The van der Waals surface area contributed by atoms with Gasteiger partial charge in [0.05, 0.1) is 0 Å². The van der Waals surface area contributed by atoms with Crippen LogP contribution in [0.25, 0.3) is 16.5 Å². The molecule has 2 aromatic rings. The summed E-state index contributed by atoms with van der Waals surface area (Å²) in [6.07, 6.45) is 2.92. The average molecular weight is 466 g/mol. The van der Waals surface area contributed by atoms with Gasteiger partial charge in [0.2, 0.25) is 0 Å². The molecular formula is C17H17BrCl2CrNSi. The Morgan fingerprint density at radius 1 is 1.13 bits per heavy atom. The fraction of sp³-hybridized carbons (Fsp3) is 0.235. The van der Waals surface area contributed by atoms with Crippen molar-refractivity contribution in [3.8, 4) is 0 Å². The number of pyridine rings is 1. The number of hydrogen-bond acceptors (Lipinski definition) is 1. The standard InChI is InChI=1S/C17H17BrNSi.2ClH.Cr/c1-12-10-14(11-16(12)20(2,3)18)15-8-4-6-13-7-5-9-19-17(13)15;;;/h4-9H,11H2,1-3H3;2*1H;/q;;;+2/p-2. The third-order valence-electron chi connectivity index (χ3n) is 4.10. The minimum Gasteiger partial charge on any atom is -1.00 e. The van der Waals surface area contributed by atoms with Crippen LogP contribution >= 0.6 is 15.3 Å². The van der Waals surface area contributed by atoms with Gasteiger partial charge in [-0.2, -0.15) is 0 Å². The van der Waals surface area contributed by atoms with Crippen LogP contribution in [0, 0.1) is 0 Å². The summed E-state index contributed by atoms with van der Waals surface area (Å²) in [5.74, 6) is 0. The maximum absolute atomic E-state index is 4.61. The molecule has 6 heteroatoms. The Kier molecular flexibility index (Phi) is 7.17. The first kappa shape index (κ1) is 21.0. The van der Waals surface area contributed by atoms with Crippen LogP contribution in [0.2, 0.25) is 13.1 Å². The molecule has 121 valence electrons. The first-order valence-electron chi connectivity index (χ1n) is 7.03. The van der Waals surface area contributed by atoms with Crippen LogP contribution in [0.3, 0.4) is 0 Å². The van der Waals surface area contributed by atoms with Crippen molar-refractivity contribution in [2.75, 3.05) is 0 Å². The van der Waals surface area contributed by atoms with Gasteiger partial charge in [-0.15, -0.1) is 0 Å². The van der Waals surface area contributed by atoms with E-state index in [0.29, 0.717) is 0 Å². The summed E-state index contributed by atoms with van der Waals surface area (Å²) in [5, 5.41) is 2.79. The third kappa shape index (κ3) is 3.95. The Morgan fingerprint density at radius 3 is 2.39 bits per heavy atom. The number of halogens is 3. The van der Waals surface area contributed by atoms with Crippen LogP contribution in [-0.2, 0) is 16.3 Å². The number of hydrogen-bond donors (Lipinski definition) is 0. The van der Waals surface area contributed by atoms with Gasteiger partial charge in [0, 0.05) is 0 Å². The summed E-state index contributed by atoms with van der Waals surface area (Å²) in [6, 6.07) is 10.6. The van der Waals surface area contributed by atoms with E-state index in [1.165, 1.54) is 26.5 Å². The normalized spacial score (nSPS) is 14.7. The summed E-state index contributed by atoms with van der Waals surface area (Å²) in [6.45, 7) is 5.48. The molecule has 1 aromatic heterocycles. The Morgan fingerprint density at radius 2 is 1.78 bits per heavy atom. The fourth-order valence-corrected chi connectivity index (χ4v) is 6.53. The molecule has 0 radical (unpaired) electrons. The second kappa shape index (κ2) is 7.87. The van der Waals surface area contributed by atoms with Crippen molar-refractivity contribution in [2.24, 2.45) is 0 Å². The van der Waals surface area contributed by atoms with Crippen molar-refractivity contribution < 1.29 is 41.1 Å². The zero-order valence-electron chi connectivity index (χ0n) is 13.2. The van der Waals surface area contributed by atoms with Crippen LogP contribution in [0.4, 0.5) is 0 Å². The van der Waals surface area contributed by atoms with E-state index in [4.69, 9.17) is 0 Å². The molecular weight excluding hydrogens is 449 g/mol. The number of benzene rings is 1.